The minimum atomic E-state index is 0.486. The van der Waals surface area contributed by atoms with E-state index in [1.165, 1.54) is 32.1 Å². The molecule has 0 saturated heterocycles. The van der Waals surface area contributed by atoms with E-state index in [1.807, 2.05) is 0 Å². The van der Waals surface area contributed by atoms with Crippen molar-refractivity contribution < 1.29 is 0 Å². The van der Waals surface area contributed by atoms with Crippen LogP contribution in [0.4, 0.5) is 5.95 Å². The second kappa shape index (κ2) is 5.25. The molecule has 2 aromatic rings. The first-order chi connectivity index (χ1) is 10.3. The van der Waals surface area contributed by atoms with Gasteiger partial charge in [0.15, 0.2) is 10.6 Å². The van der Waals surface area contributed by atoms with Crippen molar-refractivity contribution in [1.29, 1.82) is 0 Å². The van der Waals surface area contributed by atoms with Gasteiger partial charge in [-0.15, -0.1) is 15.3 Å². The smallest absolute Gasteiger partial charge is 0.226 e. The Balaban J connectivity index is 1.65. The van der Waals surface area contributed by atoms with Gasteiger partial charge < -0.3 is 9.47 Å². The topological polar surface area (TPSA) is 67.6 Å². The van der Waals surface area contributed by atoms with Gasteiger partial charge in [-0.3, -0.25) is 4.57 Å². The molecule has 0 amide bonds. The van der Waals surface area contributed by atoms with Gasteiger partial charge in [-0.1, -0.05) is 19.3 Å². The number of nitrogens with one attached hydrogen (secondary N) is 1. The van der Waals surface area contributed by atoms with E-state index in [2.05, 4.69) is 34.4 Å². The van der Waals surface area contributed by atoms with E-state index in [4.69, 9.17) is 12.2 Å². The number of aromatic nitrogens is 6. The molecular formula is C13H19N7S. The summed E-state index contributed by atoms with van der Waals surface area (Å²) < 4.78 is 5.06. The molecule has 1 aliphatic carbocycles. The summed E-state index contributed by atoms with van der Waals surface area (Å²) in [6, 6.07) is 0.486. The number of aromatic amines is 1. The number of hydrogen-bond donors (Lipinski definition) is 1. The van der Waals surface area contributed by atoms with Crippen molar-refractivity contribution in [2.24, 2.45) is 0 Å². The van der Waals surface area contributed by atoms with E-state index < -0.39 is 0 Å². The van der Waals surface area contributed by atoms with Crippen molar-refractivity contribution >= 4 is 18.2 Å². The highest BCUT2D eigenvalue weighted by Gasteiger charge is 2.26. The fourth-order valence-electron chi connectivity index (χ4n) is 3.42. The maximum Gasteiger partial charge on any atom is 0.226 e. The Labute approximate surface area is 128 Å². The zero-order valence-electron chi connectivity index (χ0n) is 11.9. The minimum absolute atomic E-state index is 0.486. The van der Waals surface area contributed by atoms with Crippen LogP contribution in [0.15, 0.2) is 6.33 Å². The summed E-state index contributed by atoms with van der Waals surface area (Å²) in [5, 5.41) is 15.6. The summed E-state index contributed by atoms with van der Waals surface area (Å²) in [6.45, 7) is 2.55. The van der Waals surface area contributed by atoms with Gasteiger partial charge in [0, 0.05) is 19.1 Å². The predicted octanol–water partition coefficient (Wildman–Crippen LogP) is 2.06. The van der Waals surface area contributed by atoms with E-state index in [0.717, 1.165) is 36.2 Å². The summed E-state index contributed by atoms with van der Waals surface area (Å²) in [4.78, 5) is 2.25. The molecule has 7 nitrogen and oxygen atoms in total. The first-order valence-corrected chi connectivity index (χ1v) is 8.02. The molecule has 8 heteroatoms. The molecule has 0 bridgehead atoms. The molecule has 0 aromatic carbocycles. The normalized spacial score (nSPS) is 19.7. The molecule has 2 aromatic heterocycles. The molecule has 0 spiro atoms. The van der Waals surface area contributed by atoms with Gasteiger partial charge >= 0.3 is 0 Å². The van der Waals surface area contributed by atoms with Crippen LogP contribution in [-0.2, 0) is 13.1 Å². The lowest BCUT2D eigenvalue weighted by Gasteiger charge is -2.31. The van der Waals surface area contributed by atoms with Crippen LogP contribution in [0.25, 0.3) is 0 Å². The second-order valence-electron chi connectivity index (χ2n) is 5.85. The molecule has 3 heterocycles. The Morgan fingerprint density at radius 3 is 2.90 bits per heavy atom. The third-order valence-electron chi connectivity index (χ3n) is 4.55. The Bertz CT molecular complexity index is 679. The van der Waals surface area contributed by atoms with E-state index in [-0.39, 0.29) is 0 Å². The molecule has 2 aliphatic rings. The van der Waals surface area contributed by atoms with Crippen molar-refractivity contribution in [2.45, 2.75) is 51.2 Å². The molecule has 4 rings (SSSR count). The predicted molar refractivity (Wildman–Crippen MR) is 80.6 cm³/mol. The van der Waals surface area contributed by atoms with Crippen LogP contribution in [0.5, 0.6) is 0 Å². The maximum absolute atomic E-state index is 5.47. The van der Waals surface area contributed by atoms with E-state index in [1.54, 1.807) is 6.33 Å². The molecule has 1 fully saturated rings. The number of hydrogen-bond acceptors (Lipinski definition) is 5. The number of H-pyrrole nitrogens is 1. The third kappa shape index (κ3) is 2.27. The molecule has 1 saturated carbocycles. The van der Waals surface area contributed by atoms with Crippen molar-refractivity contribution in [2.75, 3.05) is 11.4 Å². The number of anilines is 1. The molecule has 0 radical (unpaired) electrons. The van der Waals surface area contributed by atoms with Gasteiger partial charge in [0.05, 0.1) is 6.54 Å². The first kappa shape index (κ1) is 13.0. The van der Waals surface area contributed by atoms with Crippen molar-refractivity contribution in [3.8, 4) is 0 Å². The largest absolute Gasteiger partial charge is 0.332 e. The molecule has 21 heavy (non-hydrogen) atoms. The van der Waals surface area contributed by atoms with Gasteiger partial charge in [0.2, 0.25) is 5.95 Å². The van der Waals surface area contributed by atoms with E-state index >= 15 is 0 Å². The van der Waals surface area contributed by atoms with Crippen LogP contribution < -0.4 is 4.90 Å². The molecular weight excluding hydrogens is 286 g/mol. The van der Waals surface area contributed by atoms with Crippen molar-refractivity contribution in [1.82, 2.24) is 29.5 Å². The molecule has 1 N–H and O–H groups in total. The van der Waals surface area contributed by atoms with Gasteiger partial charge in [-0.2, -0.15) is 0 Å². The summed E-state index contributed by atoms with van der Waals surface area (Å²) in [7, 11) is 0. The highest BCUT2D eigenvalue weighted by atomic mass is 32.1. The quantitative estimate of drug-likeness (QED) is 0.860. The van der Waals surface area contributed by atoms with Crippen LogP contribution in [0.2, 0.25) is 0 Å². The van der Waals surface area contributed by atoms with Crippen LogP contribution in [0, 0.1) is 4.77 Å². The molecule has 0 atom stereocenters. The van der Waals surface area contributed by atoms with Crippen LogP contribution in [-0.4, -0.2) is 36.1 Å². The van der Waals surface area contributed by atoms with Crippen LogP contribution in [0.3, 0.4) is 0 Å². The molecule has 0 unspecified atom stereocenters. The Kier molecular flexibility index (Phi) is 3.25. The standard InChI is InChI=1S/C13H19N7S/c21-13-17-16-12(20(13)10-4-2-1-3-5-10)18-6-7-19-9-14-15-11(19)8-18/h9-10H,1-8H2,(H,17,21). The lowest BCUT2D eigenvalue weighted by molar-refractivity contribution is 0.348. The zero-order chi connectivity index (χ0) is 14.2. The maximum atomic E-state index is 5.47. The number of nitrogens with zero attached hydrogens (tertiary/aromatic N) is 6. The summed E-state index contributed by atoms with van der Waals surface area (Å²) in [5.41, 5.74) is 0. The monoisotopic (exact) mass is 305 g/mol. The van der Waals surface area contributed by atoms with Gasteiger partial charge in [0.1, 0.15) is 6.33 Å². The average molecular weight is 305 g/mol. The van der Waals surface area contributed by atoms with Gasteiger partial charge in [-0.05, 0) is 25.1 Å². The number of fused-ring (bicyclic) bond motifs is 1. The van der Waals surface area contributed by atoms with Crippen molar-refractivity contribution in [3.63, 3.8) is 0 Å². The van der Waals surface area contributed by atoms with Crippen LogP contribution >= 0.6 is 12.2 Å². The Morgan fingerprint density at radius 2 is 2.05 bits per heavy atom. The summed E-state index contributed by atoms with van der Waals surface area (Å²) in [6.07, 6.45) is 8.10. The van der Waals surface area contributed by atoms with Gasteiger partial charge in [-0.25, -0.2) is 5.10 Å². The average Bonchev–Trinajstić information content (AvgIpc) is 3.13. The molecule has 112 valence electrons. The lowest BCUT2D eigenvalue weighted by atomic mass is 9.95. The van der Waals surface area contributed by atoms with Crippen molar-refractivity contribution in [3.05, 3.63) is 16.9 Å². The zero-order valence-corrected chi connectivity index (χ0v) is 12.7. The fraction of sp³-hybridized carbons (Fsp3) is 0.692. The minimum Gasteiger partial charge on any atom is -0.332 e. The Morgan fingerprint density at radius 1 is 1.19 bits per heavy atom. The summed E-state index contributed by atoms with van der Waals surface area (Å²) in [5.74, 6) is 1.95. The summed E-state index contributed by atoms with van der Waals surface area (Å²) >= 11 is 5.47. The fourth-order valence-corrected chi connectivity index (χ4v) is 3.70. The Hall–Kier alpha value is -1.70. The first-order valence-electron chi connectivity index (χ1n) is 7.61. The highest BCUT2D eigenvalue weighted by molar-refractivity contribution is 7.71. The lowest BCUT2D eigenvalue weighted by Crippen LogP contribution is -2.36. The highest BCUT2D eigenvalue weighted by Crippen LogP contribution is 2.32. The van der Waals surface area contributed by atoms with Gasteiger partial charge in [0.25, 0.3) is 0 Å². The van der Waals surface area contributed by atoms with E-state index in [9.17, 15) is 0 Å². The SMILES string of the molecule is S=c1[nH]nc(N2CCn3cnnc3C2)n1C1CCCCC1. The van der Waals surface area contributed by atoms with Crippen LogP contribution in [0.1, 0.15) is 44.0 Å². The third-order valence-corrected chi connectivity index (χ3v) is 4.84. The molecule has 1 aliphatic heterocycles. The number of rotatable bonds is 2. The van der Waals surface area contributed by atoms with E-state index in [0.29, 0.717) is 6.04 Å². The second-order valence-corrected chi connectivity index (χ2v) is 6.24.